The Morgan fingerprint density at radius 1 is 1.33 bits per heavy atom. The number of amides is 1. The van der Waals surface area contributed by atoms with Crippen molar-refractivity contribution in [2.24, 2.45) is 0 Å². The molecule has 0 saturated heterocycles. The molecule has 3 heterocycles. The van der Waals surface area contributed by atoms with E-state index in [1.807, 2.05) is 39.0 Å². The second kappa shape index (κ2) is 6.96. The Morgan fingerprint density at radius 2 is 2.19 bits per heavy atom. The number of fused-ring (bicyclic) bond motifs is 2. The Labute approximate surface area is 159 Å². The first kappa shape index (κ1) is 17.4. The summed E-state index contributed by atoms with van der Waals surface area (Å²) in [6, 6.07) is 7.43. The first-order chi connectivity index (χ1) is 13.0. The molecule has 0 unspecified atom stereocenters. The largest absolute Gasteiger partial charge is 0.494 e. The molecule has 0 atom stereocenters. The third kappa shape index (κ3) is 3.35. The van der Waals surface area contributed by atoms with E-state index in [1.54, 1.807) is 6.07 Å². The van der Waals surface area contributed by atoms with Crippen molar-refractivity contribution in [2.75, 3.05) is 11.9 Å². The van der Waals surface area contributed by atoms with E-state index in [2.05, 4.69) is 20.4 Å². The number of ether oxygens (including phenoxy) is 1. The van der Waals surface area contributed by atoms with Gasteiger partial charge in [-0.25, -0.2) is 9.97 Å². The zero-order valence-corrected chi connectivity index (χ0v) is 16.0. The van der Waals surface area contributed by atoms with Crippen LogP contribution in [-0.2, 0) is 0 Å². The molecule has 1 amide bonds. The highest BCUT2D eigenvalue weighted by molar-refractivity contribution is 7.22. The molecule has 4 aromatic rings. The minimum absolute atomic E-state index is 0.176. The van der Waals surface area contributed by atoms with Crippen LogP contribution in [0.4, 0.5) is 5.13 Å². The maximum absolute atomic E-state index is 12.6. The van der Waals surface area contributed by atoms with E-state index in [-0.39, 0.29) is 11.8 Å². The van der Waals surface area contributed by atoms with Crippen molar-refractivity contribution < 1.29 is 14.1 Å². The SMILES string of the molecule is CCOc1ccc2nc(NC(=O)c3cnc4onc(C(C)C)c4c3)sc2c1. The molecule has 27 heavy (non-hydrogen) atoms. The Morgan fingerprint density at radius 3 is 2.96 bits per heavy atom. The molecule has 0 radical (unpaired) electrons. The number of carbonyl (C=O) groups is 1. The van der Waals surface area contributed by atoms with Crippen LogP contribution in [-0.4, -0.2) is 27.6 Å². The molecule has 1 N–H and O–H groups in total. The fourth-order valence-electron chi connectivity index (χ4n) is 2.77. The molecule has 3 aromatic heterocycles. The summed E-state index contributed by atoms with van der Waals surface area (Å²) in [5.41, 5.74) is 2.46. The summed E-state index contributed by atoms with van der Waals surface area (Å²) < 4.78 is 11.7. The molecule has 0 spiro atoms. The van der Waals surface area contributed by atoms with Gasteiger partial charge in [0.05, 0.1) is 33.5 Å². The van der Waals surface area contributed by atoms with Crippen molar-refractivity contribution >= 4 is 43.7 Å². The average Bonchev–Trinajstić information content (AvgIpc) is 3.24. The summed E-state index contributed by atoms with van der Waals surface area (Å²) in [7, 11) is 0. The van der Waals surface area contributed by atoms with Crippen molar-refractivity contribution in [3.8, 4) is 5.75 Å². The van der Waals surface area contributed by atoms with Crippen LogP contribution in [0.25, 0.3) is 21.3 Å². The van der Waals surface area contributed by atoms with E-state index < -0.39 is 0 Å². The molecule has 8 heteroatoms. The number of carbonyl (C=O) groups excluding carboxylic acids is 1. The second-order valence-corrected chi connectivity index (χ2v) is 7.37. The Balaban J connectivity index is 1.60. The molecule has 0 bridgehead atoms. The van der Waals surface area contributed by atoms with Gasteiger partial charge >= 0.3 is 0 Å². The molecule has 1 aromatic carbocycles. The summed E-state index contributed by atoms with van der Waals surface area (Å²) in [5.74, 6) is 0.689. The first-order valence-corrected chi connectivity index (χ1v) is 9.47. The van der Waals surface area contributed by atoms with Crippen molar-refractivity contribution in [1.82, 2.24) is 15.1 Å². The molecule has 138 valence electrons. The van der Waals surface area contributed by atoms with Gasteiger partial charge in [0.15, 0.2) is 5.13 Å². The van der Waals surface area contributed by atoms with E-state index in [1.165, 1.54) is 17.5 Å². The first-order valence-electron chi connectivity index (χ1n) is 8.65. The number of rotatable bonds is 5. The van der Waals surface area contributed by atoms with E-state index in [9.17, 15) is 4.79 Å². The van der Waals surface area contributed by atoms with E-state index in [4.69, 9.17) is 9.26 Å². The highest BCUT2D eigenvalue weighted by atomic mass is 32.1. The van der Waals surface area contributed by atoms with Gasteiger partial charge < -0.3 is 9.26 Å². The summed E-state index contributed by atoms with van der Waals surface area (Å²) >= 11 is 1.40. The lowest BCUT2D eigenvalue weighted by atomic mass is 10.1. The van der Waals surface area contributed by atoms with Gasteiger partial charge in [0.2, 0.25) is 0 Å². The van der Waals surface area contributed by atoms with E-state index in [0.29, 0.717) is 23.0 Å². The maximum atomic E-state index is 12.6. The molecule has 0 aliphatic carbocycles. The highest BCUT2D eigenvalue weighted by Crippen LogP contribution is 2.30. The van der Waals surface area contributed by atoms with E-state index >= 15 is 0 Å². The fourth-order valence-corrected chi connectivity index (χ4v) is 3.66. The van der Waals surface area contributed by atoms with Gasteiger partial charge in [0, 0.05) is 6.20 Å². The summed E-state index contributed by atoms with van der Waals surface area (Å²) in [5, 5.41) is 8.16. The van der Waals surface area contributed by atoms with Crippen LogP contribution in [0.3, 0.4) is 0 Å². The number of nitrogens with zero attached hydrogens (tertiary/aromatic N) is 3. The van der Waals surface area contributed by atoms with Gasteiger partial charge in [0.25, 0.3) is 11.6 Å². The minimum Gasteiger partial charge on any atom is -0.494 e. The van der Waals surface area contributed by atoms with Crippen LogP contribution in [0.15, 0.2) is 35.0 Å². The zero-order chi connectivity index (χ0) is 19.0. The predicted molar refractivity (Wildman–Crippen MR) is 105 cm³/mol. The van der Waals surface area contributed by atoms with Crippen LogP contribution < -0.4 is 10.1 Å². The highest BCUT2D eigenvalue weighted by Gasteiger charge is 2.17. The fraction of sp³-hybridized carbons (Fsp3) is 0.263. The number of thiazole rings is 1. The van der Waals surface area contributed by atoms with Gasteiger partial charge in [-0.2, -0.15) is 0 Å². The molecule has 4 rings (SSSR count). The van der Waals surface area contributed by atoms with Crippen molar-refractivity contribution in [3.05, 3.63) is 41.7 Å². The standard InChI is InChI=1S/C19H18N4O3S/c1-4-25-12-5-6-14-15(8-12)27-19(21-14)22-17(24)11-7-13-16(10(2)3)23-26-18(13)20-9-11/h5-10H,4H2,1-3H3,(H,21,22,24). The lowest BCUT2D eigenvalue weighted by Crippen LogP contribution is -2.12. The molecule has 0 aliphatic heterocycles. The van der Waals surface area contributed by atoms with Gasteiger partial charge in [-0.15, -0.1) is 0 Å². The Bertz CT molecular complexity index is 1130. The van der Waals surface area contributed by atoms with Crippen LogP contribution in [0.2, 0.25) is 0 Å². The number of hydrogen-bond donors (Lipinski definition) is 1. The summed E-state index contributed by atoms with van der Waals surface area (Å²) in [6.07, 6.45) is 1.48. The maximum Gasteiger partial charge on any atom is 0.259 e. The van der Waals surface area contributed by atoms with Crippen LogP contribution in [0, 0.1) is 0 Å². The summed E-state index contributed by atoms with van der Waals surface area (Å²) in [4.78, 5) is 21.3. The van der Waals surface area contributed by atoms with Gasteiger partial charge in [-0.05, 0) is 37.1 Å². The Hall–Kier alpha value is -3.00. The average molecular weight is 382 g/mol. The normalized spacial score (nSPS) is 11.4. The molecule has 0 fully saturated rings. The molecule has 0 aliphatic rings. The lowest BCUT2D eigenvalue weighted by molar-refractivity contribution is 0.102. The number of benzene rings is 1. The van der Waals surface area contributed by atoms with Gasteiger partial charge in [-0.1, -0.05) is 30.3 Å². The van der Waals surface area contributed by atoms with Crippen LogP contribution in [0.1, 0.15) is 42.7 Å². The summed E-state index contributed by atoms with van der Waals surface area (Å²) in [6.45, 7) is 6.57. The molecular formula is C19H18N4O3S. The monoisotopic (exact) mass is 382 g/mol. The van der Waals surface area contributed by atoms with E-state index in [0.717, 1.165) is 27.0 Å². The molecule has 0 saturated carbocycles. The quantitative estimate of drug-likeness (QED) is 0.542. The number of pyridine rings is 1. The predicted octanol–water partition coefficient (Wildman–Crippen LogP) is 4.61. The number of aromatic nitrogens is 3. The van der Waals surface area contributed by atoms with Crippen molar-refractivity contribution in [2.45, 2.75) is 26.7 Å². The topological polar surface area (TPSA) is 90.1 Å². The van der Waals surface area contributed by atoms with Gasteiger partial charge in [0.1, 0.15) is 5.75 Å². The number of hydrogen-bond acceptors (Lipinski definition) is 7. The van der Waals surface area contributed by atoms with Crippen LogP contribution >= 0.6 is 11.3 Å². The number of nitrogens with one attached hydrogen (secondary N) is 1. The zero-order valence-electron chi connectivity index (χ0n) is 15.1. The van der Waals surface area contributed by atoms with Gasteiger partial charge in [-0.3, -0.25) is 10.1 Å². The molecule has 7 nitrogen and oxygen atoms in total. The van der Waals surface area contributed by atoms with Crippen molar-refractivity contribution in [3.63, 3.8) is 0 Å². The lowest BCUT2D eigenvalue weighted by Gasteiger charge is -2.02. The molecular weight excluding hydrogens is 364 g/mol. The Kier molecular flexibility index (Phi) is 4.49. The van der Waals surface area contributed by atoms with Crippen molar-refractivity contribution in [1.29, 1.82) is 0 Å². The third-order valence-electron chi connectivity index (χ3n) is 4.06. The minimum atomic E-state index is -0.274. The van der Waals surface area contributed by atoms with Crippen LogP contribution in [0.5, 0.6) is 5.75 Å². The second-order valence-electron chi connectivity index (χ2n) is 6.33. The third-order valence-corrected chi connectivity index (χ3v) is 4.99. The smallest absolute Gasteiger partial charge is 0.259 e. The number of anilines is 1.